The first-order chi connectivity index (χ1) is 6.33. The Bertz CT molecular complexity index is 144. The summed E-state index contributed by atoms with van der Waals surface area (Å²) in [5.74, 6) is 1.24. The maximum atomic E-state index is 11.0. The summed E-state index contributed by atoms with van der Waals surface area (Å²) in [7, 11) is 0. The molecule has 0 bridgehead atoms. The summed E-state index contributed by atoms with van der Waals surface area (Å²) in [5.41, 5.74) is 0. The Hall–Kier alpha value is -0.370. The van der Waals surface area contributed by atoms with Gasteiger partial charge in [0.2, 0.25) is 0 Å². The molecule has 0 amide bonds. The zero-order chi connectivity index (χ0) is 9.52. The van der Waals surface area contributed by atoms with Gasteiger partial charge in [-0.3, -0.25) is 4.79 Å². The molecular weight excluding hydrogens is 164 g/mol. The zero-order valence-electron chi connectivity index (χ0n) is 8.30. The number of aliphatic hydroxyl groups is 1. The fourth-order valence-corrected chi connectivity index (χ4v) is 2.01. The van der Waals surface area contributed by atoms with Crippen molar-refractivity contribution in [3.8, 4) is 0 Å². The van der Waals surface area contributed by atoms with Gasteiger partial charge < -0.3 is 5.11 Å². The van der Waals surface area contributed by atoms with E-state index in [1.807, 2.05) is 0 Å². The van der Waals surface area contributed by atoms with Crippen LogP contribution in [0.5, 0.6) is 0 Å². The quantitative estimate of drug-likeness (QED) is 0.666. The van der Waals surface area contributed by atoms with Gasteiger partial charge in [0.25, 0.3) is 0 Å². The van der Waals surface area contributed by atoms with Gasteiger partial charge in [0.05, 0.1) is 0 Å². The fourth-order valence-electron chi connectivity index (χ4n) is 2.01. The molecule has 2 nitrogen and oxygen atoms in total. The molecule has 1 N–H and O–H groups in total. The molecule has 0 heterocycles. The molecular formula is C11H20O2. The van der Waals surface area contributed by atoms with Gasteiger partial charge in [0.15, 0.2) is 0 Å². The van der Waals surface area contributed by atoms with Crippen molar-refractivity contribution in [3.05, 3.63) is 0 Å². The maximum absolute atomic E-state index is 11.0. The molecule has 0 spiro atoms. The van der Waals surface area contributed by atoms with Crippen molar-refractivity contribution in [2.45, 2.75) is 51.4 Å². The molecule has 2 heteroatoms. The summed E-state index contributed by atoms with van der Waals surface area (Å²) in [5, 5.41) is 8.59. The number of hydrogen-bond acceptors (Lipinski definition) is 2. The Balaban J connectivity index is 1.99. The summed E-state index contributed by atoms with van der Waals surface area (Å²) >= 11 is 0. The van der Waals surface area contributed by atoms with E-state index in [2.05, 4.69) is 0 Å². The lowest BCUT2D eigenvalue weighted by Gasteiger charge is -2.20. The Labute approximate surface area is 80.3 Å². The molecule has 0 aliphatic heterocycles. The molecule has 1 aliphatic carbocycles. The van der Waals surface area contributed by atoms with Gasteiger partial charge >= 0.3 is 0 Å². The molecule has 0 radical (unpaired) electrons. The number of Topliss-reactive ketones (excluding diaryl/α,β-unsaturated/α-hetero) is 1. The zero-order valence-corrected chi connectivity index (χ0v) is 8.30. The van der Waals surface area contributed by atoms with Crippen LogP contribution in [0.15, 0.2) is 0 Å². The summed E-state index contributed by atoms with van der Waals surface area (Å²) < 4.78 is 0. The number of rotatable bonds is 5. The summed E-state index contributed by atoms with van der Waals surface area (Å²) in [6.45, 7) is 0.323. The lowest BCUT2D eigenvalue weighted by molar-refractivity contribution is -0.121. The van der Waals surface area contributed by atoms with Gasteiger partial charge in [-0.2, -0.15) is 0 Å². The van der Waals surface area contributed by atoms with E-state index >= 15 is 0 Å². The Morgan fingerprint density at radius 2 is 1.85 bits per heavy atom. The summed E-state index contributed by atoms with van der Waals surface area (Å²) in [6, 6.07) is 0. The van der Waals surface area contributed by atoms with E-state index in [0.717, 1.165) is 44.4 Å². The standard InChI is InChI=1S/C11H20O2/c12-9-3-1-2-4-10-5-7-11(13)8-6-10/h10,12H,1-9H2. The highest BCUT2D eigenvalue weighted by Crippen LogP contribution is 2.26. The molecule has 76 valence electrons. The van der Waals surface area contributed by atoms with Crippen LogP contribution >= 0.6 is 0 Å². The highest BCUT2D eigenvalue weighted by molar-refractivity contribution is 5.78. The van der Waals surface area contributed by atoms with Gasteiger partial charge in [0.1, 0.15) is 5.78 Å². The predicted molar refractivity (Wildman–Crippen MR) is 52.5 cm³/mol. The van der Waals surface area contributed by atoms with Gasteiger partial charge in [-0.25, -0.2) is 0 Å². The van der Waals surface area contributed by atoms with Crippen molar-refractivity contribution in [1.29, 1.82) is 0 Å². The monoisotopic (exact) mass is 184 g/mol. The van der Waals surface area contributed by atoms with Crippen LogP contribution in [-0.4, -0.2) is 17.5 Å². The van der Waals surface area contributed by atoms with Crippen molar-refractivity contribution in [1.82, 2.24) is 0 Å². The van der Waals surface area contributed by atoms with Crippen molar-refractivity contribution >= 4 is 5.78 Å². The van der Waals surface area contributed by atoms with Crippen LogP contribution in [-0.2, 0) is 4.79 Å². The Morgan fingerprint density at radius 3 is 2.46 bits per heavy atom. The number of carbonyl (C=O) groups is 1. The number of unbranched alkanes of at least 4 members (excludes halogenated alkanes) is 2. The second kappa shape index (κ2) is 6.14. The van der Waals surface area contributed by atoms with E-state index in [0.29, 0.717) is 12.4 Å². The van der Waals surface area contributed by atoms with Crippen molar-refractivity contribution < 1.29 is 9.90 Å². The molecule has 1 aliphatic rings. The minimum atomic E-state index is 0.323. The topological polar surface area (TPSA) is 37.3 Å². The van der Waals surface area contributed by atoms with Crippen LogP contribution in [0.25, 0.3) is 0 Å². The lowest BCUT2D eigenvalue weighted by atomic mass is 9.85. The van der Waals surface area contributed by atoms with Crippen LogP contribution in [0.4, 0.5) is 0 Å². The summed E-state index contributed by atoms with van der Waals surface area (Å²) in [6.07, 6.45) is 8.39. The van der Waals surface area contributed by atoms with Gasteiger partial charge in [0, 0.05) is 19.4 Å². The molecule has 1 fully saturated rings. The number of ketones is 1. The molecule has 0 aromatic carbocycles. The number of aliphatic hydroxyl groups excluding tert-OH is 1. The SMILES string of the molecule is O=C1CCC(CCCCCO)CC1. The van der Waals surface area contributed by atoms with E-state index in [9.17, 15) is 4.79 Å². The predicted octanol–water partition coefficient (Wildman–Crippen LogP) is 2.30. The molecule has 0 unspecified atom stereocenters. The van der Waals surface area contributed by atoms with Crippen molar-refractivity contribution in [2.24, 2.45) is 5.92 Å². The summed E-state index contributed by atoms with van der Waals surface area (Å²) in [4.78, 5) is 11.0. The average Bonchev–Trinajstić information content (AvgIpc) is 2.15. The molecule has 1 rings (SSSR count). The second-order valence-corrected chi connectivity index (χ2v) is 4.05. The van der Waals surface area contributed by atoms with Crippen molar-refractivity contribution in [2.75, 3.05) is 6.61 Å². The van der Waals surface area contributed by atoms with E-state index in [1.165, 1.54) is 12.8 Å². The first-order valence-electron chi connectivity index (χ1n) is 5.45. The van der Waals surface area contributed by atoms with Crippen LogP contribution in [0.3, 0.4) is 0 Å². The van der Waals surface area contributed by atoms with E-state index in [4.69, 9.17) is 5.11 Å². The van der Waals surface area contributed by atoms with E-state index < -0.39 is 0 Å². The highest BCUT2D eigenvalue weighted by atomic mass is 16.2. The smallest absolute Gasteiger partial charge is 0.132 e. The lowest BCUT2D eigenvalue weighted by Crippen LogP contribution is -2.13. The van der Waals surface area contributed by atoms with Gasteiger partial charge in [-0.15, -0.1) is 0 Å². The average molecular weight is 184 g/mol. The minimum absolute atomic E-state index is 0.323. The number of hydrogen-bond donors (Lipinski definition) is 1. The minimum Gasteiger partial charge on any atom is -0.396 e. The van der Waals surface area contributed by atoms with Crippen LogP contribution in [0, 0.1) is 5.92 Å². The first-order valence-corrected chi connectivity index (χ1v) is 5.45. The van der Waals surface area contributed by atoms with E-state index in [-0.39, 0.29) is 0 Å². The molecule has 1 saturated carbocycles. The van der Waals surface area contributed by atoms with Crippen LogP contribution in [0.1, 0.15) is 51.4 Å². The Morgan fingerprint density at radius 1 is 1.15 bits per heavy atom. The third-order valence-electron chi connectivity index (χ3n) is 2.93. The van der Waals surface area contributed by atoms with Gasteiger partial charge in [-0.05, 0) is 25.2 Å². The second-order valence-electron chi connectivity index (χ2n) is 4.05. The third-order valence-corrected chi connectivity index (χ3v) is 2.93. The molecule has 13 heavy (non-hydrogen) atoms. The van der Waals surface area contributed by atoms with Crippen molar-refractivity contribution in [3.63, 3.8) is 0 Å². The molecule has 0 atom stereocenters. The van der Waals surface area contributed by atoms with E-state index in [1.54, 1.807) is 0 Å². The van der Waals surface area contributed by atoms with Crippen LogP contribution in [0.2, 0.25) is 0 Å². The van der Waals surface area contributed by atoms with Gasteiger partial charge in [-0.1, -0.05) is 19.3 Å². The number of carbonyl (C=O) groups excluding carboxylic acids is 1. The third kappa shape index (κ3) is 4.41. The first kappa shape index (κ1) is 10.7. The Kier molecular flexibility index (Phi) is 5.06. The molecule has 0 saturated heterocycles. The normalized spacial score (nSPS) is 19.3. The molecule has 0 aromatic heterocycles. The fraction of sp³-hybridized carbons (Fsp3) is 0.909. The largest absolute Gasteiger partial charge is 0.396 e. The van der Waals surface area contributed by atoms with Crippen LogP contribution < -0.4 is 0 Å². The molecule has 0 aromatic rings. The maximum Gasteiger partial charge on any atom is 0.132 e. The highest BCUT2D eigenvalue weighted by Gasteiger charge is 2.17.